The van der Waals surface area contributed by atoms with E-state index in [1.807, 2.05) is 6.07 Å². The van der Waals surface area contributed by atoms with Crippen LogP contribution in [0.4, 0.5) is 18.5 Å². The van der Waals surface area contributed by atoms with E-state index in [0.717, 1.165) is 3.57 Å². The highest BCUT2D eigenvalue weighted by molar-refractivity contribution is 14.1. The molecule has 0 radical (unpaired) electrons. The van der Waals surface area contributed by atoms with Gasteiger partial charge >= 0.3 is 0 Å². The van der Waals surface area contributed by atoms with Gasteiger partial charge in [0.2, 0.25) is 0 Å². The summed E-state index contributed by atoms with van der Waals surface area (Å²) in [5, 5.41) is 0. The van der Waals surface area contributed by atoms with Crippen molar-refractivity contribution in [3.8, 4) is 0 Å². The highest BCUT2D eigenvalue weighted by Crippen LogP contribution is 2.04. The summed E-state index contributed by atoms with van der Waals surface area (Å²) in [6, 6.07) is 6.46. The molecule has 0 saturated heterocycles. The first-order chi connectivity index (χ1) is 3.79. The molecule has 1 aromatic rings. The van der Waals surface area contributed by atoms with Crippen LogP contribution in [0.15, 0.2) is 24.3 Å². The molecule has 0 spiro atoms. The van der Waals surface area contributed by atoms with E-state index in [-0.39, 0.29) is 19.9 Å². The van der Waals surface area contributed by atoms with Crippen molar-refractivity contribution >= 4 is 22.6 Å². The maximum Gasteiger partial charge on any atom is 0.124 e. The fraction of sp³-hybridized carbons (Fsp3) is 0. The van der Waals surface area contributed by atoms with Gasteiger partial charge in [-0.1, -0.05) is 6.07 Å². The molecular formula is C6H7F4I. The van der Waals surface area contributed by atoms with E-state index in [2.05, 4.69) is 22.6 Å². The van der Waals surface area contributed by atoms with Crippen molar-refractivity contribution in [1.29, 1.82) is 0 Å². The van der Waals surface area contributed by atoms with Crippen LogP contribution in [0.1, 0.15) is 0 Å². The maximum atomic E-state index is 12.2. The second kappa shape index (κ2) is 7.77. The zero-order valence-electron chi connectivity index (χ0n) is 5.29. The highest BCUT2D eigenvalue weighted by atomic mass is 127. The SMILES string of the molecule is F.F.F.Fc1cccc(I)c1. The lowest BCUT2D eigenvalue weighted by Crippen LogP contribution is -1.71. The van der Waals surface area contributed by atoms with Crippen molar-refractivity contribution in [1.82, 2.24) is 0 Å². The second-order valence-electron chi connectivity index (χ2n) is 1.44. The molecule has 0 aliphatic rings. The first kappa shape index (κ1) is 17.0. The van der Waals surface area contributed by atoms with Crippen molar-refractivity contribution in [3.05, 3.63) is 33.7 Å². The molecule has 0 aliphatic carbocycles. The molecule has 0 nitrogen and oxygen atoms in total. The summed E-state index contributed by atoms with van der Waals surface area (Å²) in [5.74, 6) is -0.170. The predicted octanol–water partition coefficient (Wildman–Crippen LogP) is 2.89. The lowest BCUT2D eigenvalue weighted by atomic mass is 10.4. The van der Waals surface area contributed by atoms with Crippen LogP contribution in [-0.4, -0.2) is 0 Å². The standard InChI is InChI=1S/C6H4FI.3FH/c7-5-2-1-3-6(8)4-5;;;/h1-4H;3*1H. The number of halogens is 5. The maximum absolute atomic E-state index is 12.2. The topological polar surface area (TPSA) is 0 Å². The third kappa shape index (κ3) is 6.08. The summed E-state index contributed by atoms with van der Waals surface area (Å²) in [5.41, 5.74) is 0. The Bertz CT molecular complexity index is 174. The van der Waals surface area contributed by atoms with Crippen molar-refractivity contribution in [2.75, 3.05) is 0 Å². The Labute approximate surface area is 75.0 Å². The molecule has 0 unspecified atom stereocenters. The fourth-order valence-electron chi connectivity index (χ4n) is 0.460. The molecular weight excluding hydrogens is 275 g/mol. The third-order valence-corrected chi connectivity index (χ3v) is 1.46. The smallest absolute Gasteiger partial charge is 0.124 e. The van der Waals surface area contributed by atoms with E-state index >= 15 is 0 Å². The molecule has 0 N–H and O–H groups in total. The number of rotatable bonds is 0. The second-order valence-corrected chi connectivity index (χ2v) is 2.69. The molecule has 0 aromatic heterocycles. The summed E-state index contributed by atoms with van der Waals surface area (Å²) >= 11 is 2.07. The molecule has 0 saturated carbocycles. The highest BCUT2D eigenvalue weighted by Gasteiger charge is 1.86. The van der Waals surface area contributed by atoms with Gasteiger partial charge in [0.15, 0.2) is 0 Å². The summed E-state index contributed by atoms with van der Waals surface area (Å²) in [6.45, 7) is 0. The Morgan fingerprint density at radius 2 is 1.64 bits per heavy atom. The van der Waals surface area contributed by atoms with Crippen molar-refractivity contribution in [2.24, 2.45) is 0 Å². The molecule has 0 heterocycles. The van der Waals surface area contributed by atoms with Crippen molar-refractivity contribution < 1.29 is 18.5 Å². The van der Waals surface area contributed by atoms with Crippen LogP contribution in [0.25, 0.3) is 0 Å². The first-order valence-electron chi connectivity index (χ1n) is 2.20. The summed E-state index contributed by atoms with van der Waals surface area (Å²) < 4.78 is 13.1. The molecule has 0 fully saturated rings. The molecule has 1 rings (SSSR count). The minimum Gasteiger partial charge on any atom is -0.269 e. The summed E-state index contributed by atoms with van der Waals surface area (Å²) in [4.78, 5) is 0. The van der Waals surface area contributed by atoms with Gasteiger partial charge in [0.05, 0.1) is 0 Å². The third-order valence-electron chi connectivity index (χ3n) is 0.787. The van der Waals surface area contributed by atoms with E-state index in [9.17, 15) is 4.39 Å². The summed E-state index contributed by atoms with van der Waals surface area (Å²) in [7, 11) is 0. The van der Waals surface area contributed by atoms with Crippen LogP contribution in [0, 0.1) is 9.39 Å². The fourth-order valence-corrected chi connectivity index (χ4v) is 0.965. The van der Waals surface area contributed by atoms with Gasteiger partial charge in [-0.3, -0.25) is 14.1 Å². The monoisotopic (exact) mass is 282 g/mol. The Kier molecular flexibility index (Phi) is 12.0. The molecule has 66 valence electrons. The van der Waals surface area contributed by atoms with Gasteiger partial charge in [0.1, 0.15) is 5.82 Å². The average Bonchev–Trinajstić information content (AvgIpc) is 1.64. The van der Waals surface area contributed by atoms with Gasteiger partial charge in [-0.05, 0) is 40.8 Å². The average molecular weight is 282 g/mol. The molecule has 5 heteroatoms. The van der Waals surface area contributed by atoms with Gasteiger partial charge in [-0.2, -0.15) is 0 Å². The Morgan fingerprint density at radius 3 is 1.91 bits per heavy atom. The minimum absolute atomic E-state index is 0. The van der Waals surface area contributed by atoms with E-state index in [1.54, 1.807) is 6.07 Å². The van der Waals surface area contributed by atoms with Gasteiger partial charge in [0.25, 0.3) is 0 Å². The Hall–Kier alpha value is -0.330. The van der Waals surface area contributed by atoms with E-state index < -0.39 is 0 Å². The van der Waals surface area contributed by atoms with Gasteiger partial charge in [0, 0.05) is 3.57 Å². The molecule has 0 atom stereocenters. The molecule has 1 aromatic carbocycles. The van der Waals surface area contributed by atoms with Gasteiger partial charge in [-0.15, -0.1) is 0 Å². The Morgan fingerprint density at radius 1 is 1.09 bits per heavy atom. The summed E-state index contributed by atoms with van der Waals surface area (Å²) in [6.07, 6.45) is 0. The van der Waals surface area contributed by atoms with Gasteiger partial charge in [-0.25, -0.2) is 4.39 Å². The normalized spacial score (nSPS) is 6.73. The van der Waals surface area contributed by atoms with Crippen LogP contribution in [0.2, 0.25) is 0 Å². The van der Waals surface area contributed by atoms with Crippen LogP contribution >= 0.6 is 22.6 Å². The zero-order valence-corrected chi connectivity index (χ0v) is 7.45. The Balaban J connectivity index is -0.000000213. The molecule has 11 heavy (non-hydrogen) atoms. The lowest BCUT2D eigenvalue weighted by molar-refractivity contribution is 0.627. The van der Waals surface area contributed by atoms with Crippen LogP contribution in [0.5, 0.6) is 0 Å². The van der Waals surface area contributed by atoms with Gasteiger partial charge < -0.3 is 0 Å². The lowest BCUT2D eigenvalue weighted by Gasteiger charge is -1.85. The van der Waals surface area contributed by atoms with Crippen molar-refractivity contribution in [2.45, 2.75) is 0 Å². The van der Waals surface area contributed by atoms with E-state index in [1.165, 1.54) is 12.1 Å². The number of hydrogen-bond acceptors (Lipinski definition) is 0. The quantitative estimate of drug-likeness (QED) is 0.507. The molecule has 0 amide bonds. The first-order valence-corrected chi connectivity index (χ1v) is 3.28. The van der Waals surface area contributed by atoms with Crippen molar-refractivity contribution in [3.63, 3.8) is 0 Å². The number of benzene rings is 1. The molecule has 0 bridgehead atoms. The molecule has 0 aliphatic heterocycles. The van der Waals surface area contributed by atoms with E-state index in [0.29, 0.717) is 0 Å². The predicted molar refractivity (Wildman–Crippen MR) is 46.6 cm³/mol. The van der Waals surface area contributed by atoms with Crippen LogP contribution < -0.4 is 0 Å². The number of hydrogen-bond donors (Lipinski definition) is 0. The zero-order chi connectivity index (χ0) is 5.98. The van der Waals surface area contributed by atoms with E-state index in [4.69, 9.17) is 0 Å². The largest absolute Gasteiger partial charge is 0.269 e. The minimum atomic E-state index is -0.170. The van der Waals surface area contributed by atoms with Crippen LogP contribution in [-0.2, 0) is 0 Å². The van der Waals surface area contributed by atoms with Crippen LogP contribution in [0.3, 0.4) is 0 Å².